The highest BCUT2D eigenvalue weighted by Gasteiger charge is 2.14. The summed E-state index contributed by atoms with van der Waals surface area (Å²) in [6.07, 6.45) is 0. The number of hydrogen-bond donors (Lipinski definition) is 1. The average Bonchev–Trinajstić information content (AvgIpc) is 2.26. The van der Waals surface area contributed by atoms with Crippen molar-refractivity contribution in [1.29, 1.82) is 0 Å². The van der Waals surface area contributed by atoms with E-state index >= 15 is 0 Å². The normalized spacial score (nSPS) is 13.5. The summed E-state index contributed by atoms with van der Waals surface area (Å²) in [5, 5.41) is 0. The van der Waals surface area contributed by atoms with Gasteiger partial charge in [0.2, 0.25) is 0 Å². The van der Waals surface area contributed by atoms with Crippen LogP contribution in [-0.4, -0.2) is 17.1 Å². The molecule has 0 amide bonds. The lowest BCUT2D eigenvalue weighted by Gasteiger charge is -2.20. The van der Waals surface area contributed by atoms with E-state index in [1.807, 2.05) is 30.8 Å². The van der Waals surface area contributed by atoms with Crippen LogP contribution in [0.4, 0.5) is 0 Å². The van der Waals surface area contributed by atoms with Crippen LogP contribution < -0.4 is 10.5 Å². The highest BCUT2D eigenvalue weighted by Crippen LogP contribution is 2.27. The van der Waals surface area contributed by atoms with Gasteiger partial charge in [-0.25, -0.2) is 0 Å². The van der Waals surface area contributed by atoms with Crippen LogP contribution in [0.1, 0.15) is 39.3 Å². The van der Waals surface area contributed by atoms with Gasteiger partial charge in [0, 0.05) is 16.5 Å². The first-order chi connectivity index (χ1) is 7.92. The molecule has 0 aromatic heterocycles. The molecule has 0 aliphatic heterocycles. The van der Waals surface area contributed by atoms with Crippen LogP contribution in [0.15, 0.2) is 24.3 Å². The molecule has 0 bridgehead atoms. The Morgan fingerprint density at radius 2 is 1.82 bits per heavy atom. The lowest BCUT2D eigenvalue weighted by Crippen LogP contribution is -2.17. The summed E-state index contributed by atoms with van der Waals surface area (Å²) in [7, 11) is 0. The Bertz CT molecular complexity index is 329. The molecule has 0 saturated carbocycles. The van der Waals surface area contributed by atoms with Crippen molar-refractivity contribution in [3.8, 4) is 5.75 Å². The molecule has 96 valence electrons. The summed E-state index contributed by atoms with van der Waals surface area (Å²) >= 11 is 1.89. The van der Waals surface area contributed by atoms with E-state index in [-0.39, 0.29) is 10.8 Å². The monoisotopic (exact) mass is 253 g/mol. The predicted molar refractivity (Wildman–Crippen MR) is 76.8 cm³/mol. The number of rotatable bonds is 5. The first-order valence-corrected chi connectivity index (χ1v) is 7.03. The Morgan fingerprint density at radius 3 is 2.29 bits per heavy atom. The fraction of sp³-hybridized carbons (Fsp3) is 0.571. The molecule has 17 heavy (non-hydrogen) atoms. The van der Waals surface area contributed by atoms with Gasteiger partial charge in [0.1, 0.15) is 5.75 Å². The minimum atomic E-state index is 0.0925. The molecule has 0 fully saturated rings. The summed E-state index contributed by atoms with van der Waals surface area (Å²) in [6, 6.07) is 8.17. The van der Waals surface area contributed by atoms with Gasteiger partial charge in [0.15, 0.2) is 0 Å². The van der Waals surface area contributed by atoms with E-state index in [1.165, 1.54) is 5.56 Å². The molecular weight excluding hydrogens is 230 g/mol. The van der Waals surface area contributed by atoms with Gasteiger partial charge in [-0.15, -0.1) is 0 Å². The summed E-state index contributed by atoms with van der Waals surface area (Å²) in [5.74, 6) is 1.85. The van der Waals surface area contributed by atoms with E-state index in [2.05, 4.69) is 32.9 Å². The highest BCUT2D eigenvalue weighted by molar-refractivity contribution is 8.00. The van der Waals surface area contributed by atoms with Crippen LogP contribution in [0.25, 0.3) is 0 Å². The van der Waals surface area contributed by atoms with E-state index in [0.717, 1.165) is 11.5 Å². The smallest absolute Gasteiger partial charge is 0.119 e. The van der Waals surface area contributed by atoms with Gasteiger partial charge < -0.3 is 10.5 Å². The van der Waals surface area contributed by atoms with Gasteiger partial charge in [-0.2, -0.15) is 11.8 Å². The van der Waals surface area contributed by atoms with Crippen LogP contribution >= 0.6 is 11.8 Å². The maximum atomic E-state index is 6.16. The minimum absolute atomic E-state index is 0.0925. The van der Waals surface area contributed by atoms with Crippen molar-refractivity contribution < 1.29 is 4.74 Å². The maximum Gasteiger partial charge on any atom is 0.119 e. The first kappa shape index (κ1) is 14.4. The molecule has 0 radical (unpaired) electrons. The number of benzene rings is 1. The van der Waals surface area contributed by atoms with Crippen molar-refractivity contribution in [2.24, 2.45) is 5.73 Å². The number of nitrogens with two attached hydrogens (primary N) is 1. The van der Waals surface area contributed by atoms with Crippen LogP contribution in [0.3, 0.4) is 0 Å². The summed E-state index contributed by atoms with van der Waals surface area (Å²) in [4.78, 5) is 0. The molecule has 1 aromatic carbocycles. The Balaban J connectivity index is 2.54. The molecule has 0 aliphatic carbocycles. The molecule has 0 spiro atoms. The van der Waals surface area contributed by atoms with Gasteiger partial charge in [0.25, 0.3) is 0 Å². The van der Waals surface area contributed by atoms with Crippen LogP contribution in [0, 0.1) is 0 Å². The first-order valence-electron chi connectivity index (χ1n) is 6.04. The number of thioether (sulfide) groups is 1. The third-order valence-corrected chi connectivity index (χ3v) is 3.71. The van der Waals surface area contributed by atoms with Gasteiger partial charge in [-0.3, -0.25) is 0 Å². The third-order valence-electron chi connectivity index (χ3n) is 2.32. The molecule has 3 heteroatoms. The van der Waals surface area contributed by atoms with E-state index in [0.29, 0.717) is 6.61 Å². The quantitative estimate of drug-likeness (QED) is 0.870. The number of ether oxygens (including phenoxy) is 1. The Kier molecular flexibility index (Phi) is 5.34. The van der Waals surface area contributed by atoms with Gasteiger partial charge in [0.05, 0.1) is 6.61 Å². The standard InChI is InChI=1S/C14H23NOS/c1-5-16-12-8-6-11(7-9-12)13(15)10-17-14(2,3)4/h6-9,13H,5,10,15H2,1-4H3. The van der Waals surface area contributed by atoms with Crippen LogP contribution in [-0.2, 0) is 0 Å². The molecule has 1 unspecified atom stereocenters. The van der Waals surface area contributed by atoms with Crippen molar-refractivity contribution in [1.82, 2.24) is 0 Å². The second-order valence-corrected chi connectivity index (χ2v) is 6.88. The molecule has 0 heterocycles. The molecule has 2 N–H and O–H groups in total. The zero-order valence-electron chi connectivity index (χ0n) is 11.2. The Morgan fingerprint density at radius 1 is 1.24 bits per heavy atom. The summed E-state index contributed by atoms with van der Waals surface area (Å²) in [6.45, 7) is 9.32. The second kappa shape index (κ2) is 6.31. The van der Waals surface area contributed by atoms with Crippen molar-refractivity contribution >= 4 is 11.8 Å². The molecule has 2 nitrogen and oxygen atoms in total. The maximum absolute atomic E-state index is 6.16. The zero-order valence-corrected chi connectivity index (χ0v) is 12.0. The molecule has 1 aromatic rings. The van der Waals surface area contributed by atoms with Crippen molar-refractivity contribution in [2.75, 3.05) is 12.4 Å². The largest absolute Gasteiger partial charge is 0.494 e. The van der Waals surface area contributed by atoms with Gasteiger partial charge >= 0.3 is 0 Å². The SMILES string of the molecule is CCOc1ccc(C(N)CSC(C)(C)C)cc1. The summed E-state index contributed by atoms with van der Waals surface area (Å²) in [5.41, 5.74) is 7.34. The molecular formula is C14H23NOS. The second-order valence-electron chi connectivity index (χ2n) is 5.03. The molecule has 1 atom stereocenters. The number of hydrogen-bond acceptors (Lipinski definition) is 3. The van der Waals surface area contributed by atoms with Gasteiger partial charge in [-0.1, -0.05) is 32.9 Å². The predicted octanol–water partition coefficient (Wildman–Crippen LogP) is 3.62. The average molecular weight is 253 g/mol. The van der Waals surface area contributed by atoms with Crippen molar-refractivity contribution in [2.45, 2.75) is 38.5 Å². The lowest BCUT2D eigenvalue weighted by atomic mass is 10.1. The summed E-state index contributed by atoms with van der Waals surface area (Å²) < 4.78 is 5.68. The Hall–Kier alpha value is -0.670. The highest BCUT2D eigenvalue weighted by atomic mass is 32.2. The lowest BCUT2D eigenvalue weighted by molar-refractivity contribution is 0.340. The van der Waals surface area contributed by atoms with Crippen molar-refractivity contribution in [3.63, 3.8) is 0 Å². The fourth-order valence-corrected chi connectivity index (χ4v) is 2.29. The van der Waals surface area contributed by atoms with E-state index in [4.69, 9.17) is 10.5 Å². The zero-order chi connectivity index (χ0) is 12.9. The molecule has 0 aliphatic rings. The van der Waals surface area contributed by atoms with Gasteiger partial charge in [-0.05, 0) is 24.6 Å². The fourth-order valence-electron chi connectivity index (χ4n) is 1.41. The van der Waals surface area contributed by atoms with E-state index in [9.17, 15) is 0 Å². The molecule has 0 saturated heterocycles. The van der Waals surface area contributed by atoms with Crippen LogP contribution in [0.2, 0.25) is 0 Å². The van der Waals surface area contributed by atoms with Crippen molar-refractivity contribution in [3.05, 3.63) is 29.8 Å². The Labute approximate surface area is 109 Å². The van der Waals surface area contributed by atoms with Crippen LogP contribution in [0.5, 0.6) is 5.75 Å². The van der Waals surface area contributed by atoms with E-state index < -0.39 is 0 Å². The topological polar surface area (TPSA) is 35.2 Å². The van der Waals surface area contributed by atoms with E-state index in [1.54, 1.807) is 0 Å². The molecule has 1 rings (SSSR count). The third kappa shape index (κ3) is 5.46. The minimum Gasteiger partial charge on any atom is -0.494 e.